The maximum atomic E-state index is 12.5. The zero-order valence-corrected chi connectivity index (χ0v) is 14.0. The number of anilines is 1. The molecule has 25 heavy (non-hydrogen) atoms. The fourth-order valence-electron chi connectivity index (χ4n) is 3.56. The number of phenols is 1. The van der Waals surface area contributed by atoms with Crippen molar-refractivity contribution >= 4 is 22.6 Å². The molecule has 2 aromatic carbocycles. The van der Waals surface area contributed by atoms with Crippen molar-refractivity contribution in [3.05, 3.63) is 42.5 Å². The van der Waals surface area contributed by atoms with Gasteiger partial charge in [-0.15, -0.1) is 0 Å². The third kappa shape index (κ3) is 3.22. The summed E-state index contributed by atoms with van der Waals surface area (Å²) in [5.74, 6) is 1.06. The number of hydrogen-bond acceptors (Lipinski definition) is 2. The first-order valence-corrected chi connectivity index (χ1v) is 8.85. The van der Waals surface area contributed by atoms with Crippen molar-refractivity contribution < 1.29 is 14.9 Å². The molecule has 0 unspecified atom stereocenters. The van der Waals surface area contributed by atoms with Gasteiger partial charge in [0.05, 0.1) is 0 Å². The summed E-state index contributed by atoms with van der Waals surface area (Å²) in [7, 11) is 0. The number of fused-ring (bicyclic) bond motifs is 1. The van der Waals surface area contributed by atoms with Gasteiger partial charge in [-0.25, -0.2) is 9.97 Å². The summed E-state index contributed by atoms with van der Waals surface area (Å²) in [6, 6.07) is 13.0. The van der Waals surface area contributed by atoms with Crippen molar-refractivity contribution in [1.29, 1.82) is 0 Å². The monoisotopic (exact) mass is 336 g/mol. The van der Waals surface area contributed by atoms with E-state index >= 15 is 0 Å². The van der Waals surface area contributed by atoms with Gasteiger partial charge in [0.15, 0.2) is 11.0 Å². The van der Waals surface area contributed by atoms with Gasteiger partial charge in [-0.1, -0.05) is 31.4 Å². The second-order valence-electron chi connectivity index (χ2n) is 6.73. The highest BCUT2D eigenvalue weighted by atomic mass is 16.3. The van der Waals surface area contributed by atoms with Crippen LogP contribution in [0.3, 0.4) is 0 Å². The van der Waals surface area contributed by atoms with Crippen molar-refractivity contribution in [2.45, 2.75) is 32.1 Å². The first kappa shape index (κ1) is 15.7. The fraction of sp³-hybridized carbons (Fsp3) is 0.300. The minimum atomic E-state index is 0.0805. The smallest absolute Gasteiger partial charge is 0.289 e. The Labute approximate surface area is 146 Å². The summed E-state index contributed by atoms with van der Waals surface area (Å²) in [4.78, 5) is 19.0. The minimum Gasteiger partial charge on any atom is -0.507 e. The van der Waals surface area contributed by atoms with E-state index in [9.17, 15) is 9.90 Å². The van der Waals surface area contributed by atoms with Gasteiger partial charge in [0.1, 0.15) is 11.3 Å². The molecule has 5 nitrogen and oxygen atoms in total. The Bertz CT molecular complexity index is 877. The fourth-order valence-corrected chi connectivity index (χ4v) is 3.56. The third-order valence-corrected chi connectivity index (χ3v) is 4.96. The molecule has 0 atom stereocenters. The van der Waals surface area contributed by atoms with Gasteiger partial charge in [-0.05, 0) is 43.2 Å². The number of imidazole rings is 1. The van der Waals surface area contributed by atoms with Gasteiger partial charge in [-0.3, -0.25) is 4.79 Å². The number of H-pyrrole nitrogens is 2. The maximum Gasteiger partial charge on any atom is 0.289 e. The number of aromatic hydroxyl groups is 1. The van der Waals surface area contributed by atoms with E-state index in [1.807, 2.05) is 24.3 Å². The molecule has 1 aromatic heterocycles. The van der Waals surface area contributed by atoms with Crippen LogP contribution in [0.25, 0.3) is 22.4 Å². The molecule has 1 heterocycles. The van der Waals surface area contributed by atoms with Gasteiger partial charge >= 0.3 is 0 Å². The molecule has 0 radical (unpaired) electrons. The van der Waals surface area contributed by atoms with Crippen molar-refractivity contribution in [2.24, 2.45) is 5.92 Å². The van der Waals surface area contributed by atoms with Gasteiger partial charge in [0, 0.05) is 11.6 Å². The Morgan fingerprint density at radius 3 is 2.72 bits per heavy atom. The molecule has 4 rings (SSSR count). The van der Waals surface area contributed by atoms with Crippen LogP contribution in [0.1, 0.15) is 32.1 Å². The van der Waals surface area contributed by atoms with E-state index in [1.54, 1.807) is 18.2 Å². The number of aromatic nitrogens is 2. The Morgan fingerprint density at radius 2 is 1.92 bits per heavy atom. The van der Waals surface area contributed by atoms with Gasteiger partial charge in [0.2, 0.25) is 5.91 Å². The molecule has 0 spiro atoms. The van der Waals surface area contributed by atoms with Gasteiger partial charge < -0.3 is 10.4 Å². The van der Waals surface area contributed by atoms with Gasteiger partial charge in [-0.2, -0.15) is 0 Å². The molecule has 0 saturated heterocycles. The van der Waals surface area contributed by atoms with E-state index < -0.39 is 0 Å². The Balaban J connectivity index is 1.60. The Kier molecular flexibility index (Phi) is 4.14. The molecule has 1 aliphatic rings. The second-order valence-corrected chi connectivity index (χ2v) is 6.73. The largest absolute Gasteiger partial charge is 0.507 e. The number of para-hydroxylation sites is 2. The van der Waals surface area contributed by atoms with E-state index in [4.69, 9.17) is 0 Å². The average molecular weight is 336 g/mol. The van der Waals surface area contributed by atoms with E-state index in [0.717, 1.165) is 36.7 Å². The third-order valence-electron chi connectivity index (χ3n) is 4.96. The number of benzene rings is 2. The van der Waals surface area contributed by atoms with E-state index in [2.05, 4.69) is 15.3 Å². The molecule has 128 valence electrons. The molecule has 0 bridgehead atoms. The van der Waals surface area contributed by atoms with Crippen LogP contribution in [0, 0.1) is 5.92 Å². The standard InChI is InChI=1S/C20H21N3O2/c24-18-11-10-14(21-20(25)13-6-2-1-3-7-13)12-15(18)19-22-16-8-4-5-9-17(16)23-19/h4-5,8-13,24H,1-3,6-7H2,(H,21,25)(H,22,23)/p+1. The quantitative estimate of drug-likeness (QED) is 0.635. The molecule has 3 aromatic rings. The predicted molar refractivity (Wildman–Crippen MR) is 97.2 cm³/mol. The lowest BCUT2D eigenvalue weighted by Crippen LogP contribution is -2.24. The summed E-state index contributed by atoms with van der Waals surface area (Å²) in [5.41, 5.74) is 3.27. The highest BCUT2D eigenvalue weighted by Crippen LogP contribution is 2.30. The van der Waals surface area contributed by atoms with Crippen molar-refractivity contribution in [2.75, 3.05) is 5.32 Å². The van der Waals surface area contributed by atoms with Crippen LogP contribution in [-0.2, 0) is 4.79 Å². The van der Waals surface area contributed by atoms with Crippen LogP contribution >= 0.6 is 0 Å². The number of carbonyl (C=O) groups excluding carboxylic acids is 1. The Morgan fingerprint density at radius 1 is 1.12 bits per heavy atom. The topological polar surface area (TPSA) is 79.3 Å². The van der Waals surface area contributed by atoms with Crippen molar-refractivity contribution in [3.8, 4) is 17.1 Å². The molecular formula is C20H22N3O2+. The lowest BCUT2D eigenvalue weighted by atomic mass is 9.88. The number of carbonyl (C=O) groups is 1. The van der Waals surface area contributed by atoms with Crippen molar-refractivity contribution in [3.63, 3.8) is 0 Å². The van der Waals surface area contributed by atoms with E-state index in [1.165, 1.54) is 6.42 Å². The molecule has 0 aliphatic heterocycles. The molecule has 5 heteroatoms. The van der Waals surface area contributed by atoms with E-state index in [-0.39, 0.29) is 17.6 Å². The molecular weight excluding hydrogens is 314 g/mol. The number of nitrogens with one attached hydrogen (secondary N) is 3. The lowest BCUT2D eigenvalue weighted by Gasteiger charge is -2.20. The van der Waals surface area contributed by atoms with Crippen LogP contribution < -0.4 is 10.3 Å². The maximum absolute atomic E-state index is 12.5. The molecule has 1 saturated carbocycles. The van der Waals surface area contributed by atoms with Crippen LogP contribution in [-0.4, -0.2) is 16.0 Å². The number of hydrogen-bond donors (Lipinski definition) is 3. The van der Waals surface area contributed by atoms with Crippen LogP contribution in [0.5, 0.6) is 5.75 Å². The van der Waals surface area contributed by atoms with Crippen LogP contribution in [0.15, 0.2) is 42.5 Å². The highest BCUT2D eigenvalue weighted by Gasteiger charge is 2.22. The predicted octanol–water partition coefficient (Wildman–Crippen LogP) is 3.87. The summed E-state index contributed by atoms with van der Waals surface area (Å²) in [6.45, 7) is 0. The summed E-state index contributed by atoms with van der Waals surface area (Å²) < 4.78 is 0. The SMILES string of the molecule is O=C(Nc1ccc(O)c(-c2[nH]c3ccccc3[nH+]2)c1)C1CCCCC1. The van der Waals surface area contributed by atoms with Crippen LogP contribution in [0.2, 0.25) is 0 Å². The molecule has 4 N–H and O–H groups in total. The number of phenolic OH excluding ortho intramolecular Hbond substituents is 1. The zero-order chi connectivity index (χ0) is 17.2. The summed E-state index contributed by atoms with van der Waals surface area (Å²) in [5, 5.41) is 13.2. The van der Waals surface area contributed by atoms with Crippen molar-refractivity contribution in [1.82, 2.24) is 4.98 Å². The zero-order valence-electron chi connectivity index (χ0n) is 14.0. The average Bonchev–Trinajstić information content (AvgIpc) is 3.08. The minimum absolute atomic E-state index is 0.0805. The second kappa shape index (κ2) is 6.59. The molecule has 1 fully saturated rings. The first-order valence-electron chi connectivity index (χ1n) is 8.85. The summed E-state index contributed by atoms with van der Waals surface area (Å²) in [6.07, 6.45) is 5.41. The number of amides is 1. The van der Waals surface area contributed by atoms with Crippen LogP contribution in [0.4, 0.5) is 5.69 Å². The van der Waals surface area contributed by atoms with Gasteiger partial charge in [0.25, 0.3) is 5.82 Å². The first-order chi connectivity index (χ1) is 12.2. The number of aromatic amines is 2. The molecule has 1 aliphatic carbocycles. The highest BCUT2D eigenvalue weighted by molar-refractivity contribution is 5.93. The number of rotatable bonds is 3. The lowest BCUT2D eigenvalue weighted by molar-refractivity contribution is -0.330. The normalized spacial score (nSPS) is 15.4. The summed E-state index contributed by atoms with van der Waals surface area (Å²) >= 11 is 0. The van der Waals surface area contributed by atoms with E-state index in [0.29, 0.717) is 17.1 Å². The Hall–Kier alpha value is -2.82. The molecule has 1 amide bonds.